The summed E-state index contributed by atoms with van der Waals surface area (Å²) >= 11 is 0. The second-order valence-electron chi connectivity index (χ2n) is 23.0. The molecule has 8 heteroatoms. The van der Waals surface area contributed by atoms with E-state index in [0.29, 0.717) is 34.9 Å². The lowest BCUT2D eigenvalue weighted by molar-refractivity contribution is 0.226. The summed E-state index contributed by atoms with van der Waals surface area (Å²) in [5.41, 5.74) is 20.6. The van der Waals surface area contributed by atoms with Gasteiger partial charge in [-0.3, -0.25) is 0 Å². The lowest BCUT2D eigenvalue weighted by Crippen LogP contribution is -2.16. The lowest BCUT2D eigenvalue weighted by Gasteiger charge is -2.29. The van der Waals surface area contributed by atoms with Crippen LogP contribution in [0.1, 0.15) is 88.9 Å². The molecule has 4 heterocycles. The molecule has 0 N–H and O–H groups in total. The number of allylic oxidation sites excluding steroid dienone is 9. The minimum atomic E-state index is -0.166. The fraction of sp³-hybridized carbons (Fsp3) is 0.103. The standard InChI is InChI=1S/C78H54N6O2/c1-5-19-48(20-6-1)65-44-60-42-54(34-37-62(60)72-69(65)63-38-35-58(45-67(63)86-72)77-81-73(49-21-7-2-8-22-49)79-74(82-77)50-23-9-3-10-24-50)53-29-17-30-57(41-53)76-80-75(51-25-11-4-12-26-51)83-78(84-76)59-36-39-64-68(46-59)85-71-61-31-16-15-28-55(61)43-66(70(64)71)56-33-32-47-18-13-14-27-52(47)40-56/h1-5,7-9,11-12,14-17,19,21-23,25-46,70-71H,6,10,13,18,20,24H2. The zero-order valence-electron chi connectivity index (χ0n) is 47.0. The number of aryl methyl sites for hydroxylation is 1. The van der Waals surface area contributed by atoms with Crippen LogP contribution >= 0.6 is 0 Å². The molecule has 5 aliphatic rings. The number of hydrogen-bond acceptors (Lipinski definition) is 8. The van der Waals surface area contributed by atoms with E-state index in [1.165, 1.54) is 44.5 Å². The molecule has 0 amide bonds. The van der Waals surface area contributed by atoms with Crippen LogP contribution in [-0.2, 0) is 6.42 Å². The highest BCUT2D eigenvalue weighted by Crippen LogP contribution is 2.57. The van der Waals surface area contributed by atoms with Gasteiger partial charge in [0.1, 0.15) is 23.0 Å². The fourth-order valence-corrected chi connectivity index (χ4v) is 13.4. The Morgan fingerprint density at radius 2 is 1.01 bits per heavy atom. The molecule has 3 aromatic heterocycles. The number of aromatic nitrogens is 6. The molecule has 0 saturated carbocycles. The summed E-state index contributed by atoms with van der Waals surface area (Å²) in [7, 11) is 0. The van der Waals surface area contributed by atoms with Crippen molar-refractivity contribution in [2.45, 2.75) is 50.5 Å². The molecule has 9 aromatic carbocycles. The zero-order valence-corrected chi connectivity index (χ0v) is 47.0. The second kappa shape index (κ2) is 20.6. The van der Waals surface area contributed by atoms with Gasteiger partial charge in [-0.15, -0.1) is 0 Å². The third kappa shape index (κ3) is 8.75. The Hall–Kier alpha value is -10.7. The van der Waals surface area contributed by atoms with Gasteiger partial charge < -0.3 is 9.15 Å². The monoisotopic (exact) mass is 1110 g/mol. The molecule has 4 aliphatic carbocycles. The van der Waals surface area contributed by atoms with E-state index in [2.05, 4.69) is 194 Å². The second-order valence-corrected chi connectivity index (χ2v) is 23.0. The van der Waals surface area contributed by atoms with E-state index >= 15 is 0 Å². The molecule has 12 aromatic rings. The van der Waals surface area contributed by atoms with Gasteiger partial charge in [-0.25, -0.2) is 29.9 Å². The van der Waals surface area contributed by atoms with E-state index in [0.717, 1.165) is 127 Å². The molecule has 408 valence electrons. The largest absolute Gasteiger partial charge is 0.484 e. The van der Waals surface area contributed by atoms with Crippen LogP contribution < -0.4 is 4.74 Å². The first-order valence-electron chi connectivity index (χ1n) is 29.9. The van der Waals surface area contributed by atoms with Crippen LogP contribution in [0.4, 0.5) is 0 Å². The van der Waals surface area contributed by atoms with Crippen molar-refractivity contribution in [1.29, 1.82) is 0 Å². The molecule has 8 nitrogen and oxygen atoms in total. The minimum Gasteiger partial charge on any atom is -0.484 e. The molecule has 86 heavy (non-hydrogen) atoms. The number of benzene rings is 9. The third-order valence-electron chi connectivity index (χ3n) is 17.7. The molecule has 2 unspecified atom stereocenters. The number of furan rings is 1. The van der Waals surface area contributed by atoms with E-state index in [1.54, 1.807) is 0 Å². The highest BCUT2D eigenvalue weighted by Gasteiger charge is 2.42. The fourth-order valence-electron chi connectivity index (χ4n) is 13.4. The van der Waals surface area contributed by atoms with Gasteiger partial charge in [0.2, 0.25) is 0 Å². The van der Waals surface area contributed by atoms with Crippen LogP contribution in [0.2, 0.25) is 0 Å². The van der Waals surface area contributed by atoms with Crippen molar-refractivity contribution >= 4 is 61.6 Å². The maximum absolute atomic E-state index is 7.08. The van der Waals surface area contributed by atoms with E-state index < -0.39 is 0 Å². The molecule has 0 radical (unpaired) electrons. The van der Waals surface area contributed by atoms with Crippen molar-refractivity contribution in [1.82, 2.24) is 29.9 Å². The van der Waals surface area contributed by atoms with Gasteiger partial charge in [0.15, 0.2) is 34.9 Å². The van der Waals surface area contributed by atoms with Gasteiger partial charge in [0.05, 0.1) is 5.92 Å². The van der Waals surface area contributed by atoms with Crippen molar-refractivity contribution in [3.05, 3.63) is 275 Å². The van der Waals surface area contributed by atoms with E-state index in [1.807, 2.05) is 48.5 Å². The Morgan fingerprint density at radius 1 is 0.407 bits per heavy atom. The number of rotatable bonds is 9. The minimum absolute atomic E-state index is 0.0248. The maximum atomic E-state index is 7.08. The molecular weight excluding hydrogens is 1050 g/mol. The third-order valence-corrected chi connectivity index (χ3v) is 17.7. The predicted octanol–water partition coefficient (Wildman–Crippen LogP) is 19.3. The Balaban J connectivity index is 0.745. The summed E-state index contributed by atoms with van der Waals surface area (Å²) < 4.78 is 14.2. The SMILES string of the molecule is C1=CCCC(c2nc(-c3ccccc3)nc(-c3ccc4c(c3)oc3c5ccc(-c6cccc(-c7nc(-c8ccccc8)nc(-c8ccc9c(c8)OC8c%10ccccc%10C=C(c%10ccc%11c(c%10)C=CCC%11)C98)n7)c6)cc5cc(C5=CC=CCC5)c43)n2)=C1. The summed E-state index contributed by atoms with van der Waals surface area (Å²) in [6.45, 7) is 0. The summed E-state index contributed by atoms with van der Waals surface area (Å²) in [5.74, 6) is 4.60. The van der Waals surface area contributed by atoms with Crippen LogP contribution in [0.3, 0.4) is 0 Å². The van der Waals surface area contributed by atoms with Crippen molar-refractivity contribution in [2.24, 2.45) is 0 Å². The van der Waals surface area contributed by atoms with Gasteiger partial charge in [-0.1, -0.05) is 188 Å². The van der Waals surface area contributed by atoms with Gasteiger partial charge >= 0.3 is 0 Å². The van der Waals surface area contributed by atoms with Crippen LogP contribution in [0, 0.1) is 0 Å². The average Bonchev–Trinajstić information content (AvgIpc) is 1.94. The van der Waals surface area contributed by atoms with Crippen LogP contribution in [0.25, 0.3) is 130 Å². The van der Waals surface area contributed by atoms with Crippen molar-refractivity contribution in [3.8, 4) is 73.8 Å². The normalized spacial score (nSPS) is 16.5. The molecular formula is C78H54N6O2. The number of nitrogens with zero attached hydrogens (tertiary/aromatic N) is 6. The Bertz CT molecular complexity index is 4990. The van der Waals surface area contributed by atoms with Gasteiger partial charge in [-0.2, -0.15) is 0 Å². The lowest BCUT2D eigenvalue weighted by atomic mass is 9.75. The van der Waals surface area contributed by atoms with Crippen molar-refractivity contribution < 1.29 is 9.15 Å². The smallest absolute Gasteiger partial charge is 0.164 e. The molecule has 2 atom stereocenters. The first kappa shape index (κ1) is 49.9. The van der Waals surface area contributed by atoms with Crippen molar-refractivity contribution in [3.63, 3.8) is 0 Å². The summed E-state index contributed by atoms with van der Waals surface area (Å²) in [5, 5.41) is 4.30. The van der Waals surface area contributed by atoms with E-state index in [9.17, 15) is 0 Å². The first-order valence-corrected chi connectivity index (χ1v) is 29.9. The Morgan fingerprint density at radius 3 is 1.77 bits per heavy atom. The summed E-state index contributed by atoms with van der Waals surface area (Å²) in [6.07, 6.45) is 25.7. The molecule has 17 rings (SSSR count). The maximum Gasteiger partial charge on any atom is 0.164 e. The van der Waals surface area contributed by atoms with Crippen molar-refractivity contribution in [2.75, 3.05) is 0 Å². The Kier molecular flexibility index (Phi) is 11.9. The summed E-state index contributed by atoms with van der Waals surface area (Å²) in [6, 6.07) is 66.5. The predicted molar refractivity (Wildman–Crippen MR) is 348 cm³/mol. The topological polar surface area (TPSA) is 99.7 Å². The van der Waals surface area contributed by atoms with Gasteiger partial charge in [0, 0.05) is 55.1 Å². The van der Waals surface area contributed by atoms with Gasteiger partial charge in [-0.05, 0) is 154 Å². The number of ether oxygens (including phenoxy) is 1. The molecule has 0 saturated heterocycles. The highest BCUT2D eigenvalue weighted by molar-refractivity contribution is 6.20. The molecule has 1 aliphatic heterocycles. The van der Waals surface area contributed by atoms with Crippen LogP contribution in [0.5, 0.6) is 5.75 Å². The van der Waals surface area contributed by atoms with E-state index in [4.69, 9.17) is 39.1 Å². The number of fused-ring (bicyclic) bond motifs is 11. The van der Waals surface area contributed by atoms with E-state index in [-0.39, 0.29) is 12.0 Å². The molecule has 0 spiro atoms. The van der Waals surface area contributed by atoms with Gasteiger partial charge in [0.25, 0.3) is 0 Å². The Labute approximate surface area is 497 Å². The highest BCUT2D eigenvalue weighted by atomic mass is 16.5. The van der Waals surface area contributed by atoms with Crippen LogP contribution in [-0.4, -0.2) is 29.9 Å². The molecule has 0 bridgehead atoms. The number of hydrogen-bond donors (Lipinski definition) is 0. The quantitative estimate of drug-likeness (QED) is 0.141. The first-order chi connectivity index (χ1) is 42.6. The zero-order chi connectivity index (χ0) is 56.7. The molecule has 0 fully saturated rings. The van der Waals surface area contributed by atoms with Crippen LogP contribution in [0.15, 0.2) is 235 Å². The summed E-state index contributed by atoms with van der Waals surface area (Å²) in [4.78, 5) is 30.8. The average molecular weight is 1110 g/mol.